The minimum Gasteiger partial charge on any atom is -0.410 e. The van der Waals surface area contributed by atoms with Gasteiger partial charge in [0, 0.05) is 11.8 Å². The lowest BCUT2D eigenvalue weighted by molar-refractivity contribution is 0.200. The highest BCUT2D eigenvalue weighted by molar-refractivity contribution is 8.00. The highest BCUT2D eigenvalue weighted by Crippen LogP contribution is 2.25. The summed E-state index contributed by atoms with van der Waals surface area (Å²) >= 11 is 1.92. The van der Waals surface area contributed by atoms with Crippen LogP contribution in [-0.4, -0.2) is 23.6 Å². The van der Waals surface area contributed by atoms with Crippen molar-refractivity contribution in [2.24, 2.45) is 0 Å². The van der Waals surface area contributed by atoms with Gasteiger partial charge in [0.15, 0.2) is 0 Å². The van der Waals surface area contributed by atoms with Crippen LogP contribution in [0.4, 0.5) is 4.79 Å². The first-order valence-electron chi connectivity index (χ1n) is 5.47. The summed E-state index contributed by atoms with van der Waals surface area (Å²) in [5.74, 6) is 1.79. The smallest absolute Gasteiger partial charge is 0.410 e. The van der Waals surface area contributed by atoms with E-state index >= 15 is 0 Å². The maximum atomic E-state index is 11.4. The molecule has 3 nitrogen and oxygen atoms in total. The van der Waals surface area contributed by atoms with Crippen molar-refractivity contribution >= 4 is 17.9 Å². The first kappa shape index (κ1) is 11.3. The number of ether oxygens (including phenoxy) is 1. The van der Waals surface area contributed by atoms with E-state index in [2.05, 4.69) is 5.32 Å². The molecule has 4 heteroatoms. The highest BCUT2D eigenvalue weighted by Gasteiger charge is 2.16. The van der Waals surface area contributed by atoms with E-state index in [9.17, 15) is 4.79 Å². The second-order valence-corrected chi connectivity index (χ2v) is 5.13. The Morgan fingerprint density at radius 2 is 2.25 bits per heavy atom. The molecule has 0 saturated carbocycles. The largest absolute Gasteiger partial charge is 0.412 e. The molecule has 0 aliphatic carbocycles. The van der Waals surface area contributed by atoms with Gasteiger partial charge in [-0.25, -0.2) is 4.79 Å². The van der Waals surface area contributed by atoms with Gasteiger partial charge in [0.25, 0.3) is 0 Å². The van der Waals surface area contributed by atoms with Crippen LogP contribution < -0.4 is 10.1 Å². The standard InChI is InChI=1S/C12H15NO2S/c14-12(13-9-11-7-4-8-16-11)15-10-5-2-1-3-6-10/h1-3,5-6,11H,4,7-9H2,(H,13,14). The highest BCUT2D eigenvalue weighted by atomic mass is 32.2. The van der Waals surface area contributed by atoms with Crippen molar-refractivity contribution in [2.75, 3.05) is 12.3 Å². The average Bonchev–Trinajstić information content (AvgIpc) is 2.81. The Morgan fingerprint density at radius 3 is 2.94 bits per heavy atom. The number of hydrogen-bond acceptors (Lipinski definition) is 3. The summed E-state index contributed by atoms with van der Waals surface area (Å²) in [6.07, 6.45) is 2.08. The number of nitrogens with one attached hydrogen (secondary N) is 1. The van der Waals surface area contributed by atoms with E-state index in [4.69, 9.17) is 4.74 Å². The second-order valence-electron chi connectivity index (χ2n) is 3.72. The van der Waals surface area contributed by atoms with Crippen molar-refractivity contribution in [2.45, 2.75) is 18.1 Å². The van der Waals surface area contributed by atoms with E-state index in [0.717, 1.165) is 0 Å². The lowest BCUT2D eigenvalue weighted by Crippen LogP contribution is -2.32. The Labute approximate surface area is 99.6 Å². The molecule has 1 amide bonds. The van der Waals surface area contributed by atoms with Crippen molar-refractivity contribution in [1.82, 2.24) is 5.32 Å². The lowest BCUT2D eigenvalue weighted by Gasteiger charge is -2.10. The summed E-state index contributed by atoms with van der Waals surface area (Å²) in [6.45, 7) is 0.705. The maximum Gasteiger partial charge on any atom is 0.412 e. The van der Waals surface area contributed by atoms with Crippen molar-refractivity contribution in [1.29, 1.82) is 0 Å². The number of para-hydroxylation sites is 1. The van der Waals surface area contributed by atoms with Crippen LogP contribution in [0.2, 0.25) is 0 Å². The Kier molecular flexibility index (Phi) is 4.10. The molecule has 0 radical (unpaired) electrons. The van der Waals surface area contributed by atoms with Gasteiger partial charge in [-0.05, 0) is 30.7 Å². The van der Waals surface area contributed by atoms with Gasteiger partial charge in [0.05, 0.1) is 0 Å². The molecule has 16 heavy (non-hydrogen) atoms. The molecule has 1 N–H and O–H groups in total. The minimum atomic E-state index is -0.362. The predicted molar refractivity (Wildman–Crippen MR) is 65.9 cm³/mol. The molecule has 1 saturated heterocycles. The molecule has 0 aromatic heterocycles. The molecule has 1 unspecified atom stereocenters. The molecule has 1 atom stereocenters. The van der Waals surface area contributed by atoms with Crippen molar-refractivity contribution in [3.8, 4) is 5.75 Å². The summed E-state index contributed by atoms with van der Waals surface area (Å²) in [4.78, 5) is 11.4. The topological polar surface area (TPSA) is 38.3 Å². The van der Waals surface area contributed by atoms with E-state index in [-0.39, 0.29) is 6.09 Å². The molecule has 1 aliphatic heterocycles. The quantitative estimate of drug-likeness (QED) is 0.878. The van der Waals surface area contributed by atoms with Crippen molar-refractivity contribution in [3.05, 3.63) is 30.3 Å². The summed E-state index contributed by atoms with van der Waals surface area (Å²) in [5.41, 5.74) is 0. The molecule has 1 aliphatic rings. The second kappa shape index (κ2) is 5.80. The zero-order valence-corrected chi connectivity index (χ0v) is 9.83. The number of carbonyl (C=O) groups is 1. The number of thioether (sulfide) groups is 1. The van der Waals surface area contributed by atoms with E-state index in [1.165, 1.54) is 18.6 Å². The lowest BCUT2D eigenvalue weighted by atomic mass is 10.2. The van der Waals surface area contributed by atoms with Gasteiger partial charge in [-0.15, -0.1) is 0 Å². The van der Waals surface area contributed by atoms with E-state index < -0.39 is 0 Å². The fraction of sp³-hybridized carbons (Fsp3) is 0.417. The van der Waals surface area contributed by atoms with Gasteiger partial charge in [-0.2, -0.15) is 11.8 Å². The first-order valence-corrected chi connectivity index (χ1v) is 6.52. The fourth-order valence-corrected chi connectivity index (χ4v) is 2.84. The first-order chi connectivity index (χ1) is 7.84. The number of rotatable bonds is 3. The molecule has 0 bridgehead atoms. The van der Waals surface area contributed by atoms with Gasteiger partial charge >= 0.3 is 6.09 Å². The molecule has 2 rings (SSSR count). The molecule has 86 valence electrons. The number of amides is 1. The third kappa shape index (κ3) is 3.45. The number of carbonyl (C=O) groups excluding carboxylic acids is 1. The Morgan fingerprint density at radius 1 is 1.44 bits per heavy atom. The maximum absolute atomic E-state index is 11.4. The van der Waals surface area contributed by atoms with Crippen LogP contribution in [0.3, 0.4) is 0 Å². The van der Waals surface area contributed by atoms with Crippen molar-refractivity contribution in [3.63, 3.8) is 0 Å². The Bertz CT molecular complexity index is 336. The fourth-order valence-electron chi connectivity index (χ4n) is 1.63. The third-order valence-electron chi connectivity index (χ3n) is 2.45. The van der Waals surface area contributed by atoms with Crippen LogP contribution in [0, 0.1) is 0 Å². The zero-order valence-electron chi connectivity index (χ0n) is 9.02. The van der Waals surface area contributed by atoms with Gasteiger partial charge < -0.3 is 10.1 Å². The van der Waals surface area contributed by atoms with E-state index in [1.54, 1.807) is 12.1 Å². The van der Waals surface area contributed by atoms with Crippen LogP contribution in [0.15, 0.2) is 30.3 Å². The van der Waals surface area contributed by atoms with E-state index in [0.29, 0.717) is 17.5 Å². The van der Waals surface area contributed by atoms with Crippen LogP contribution >= 0.6 is 11.8 Å². The summed E-state index contributed by atoms with van der Waals surface area (Å²) < 4.78 is 5.11. The Hall–Kier alpha value is -1.16. The minimum absolute atomic E-state index is 0.362. The number of hydrogen-bond donors (Lipinski definition) is 1. The molecular weight excluding hydrogens is 222 g/mol. The SMILES string of the molecule is O=C(NCC1CCCS1)Oc1ccccc1. The molecular formula is C12H15NO2S. The molecule has 1 fully saturated rings. The van der Waals surface area contributed by atoms with Crippen LogP contribution in [0.1, 0.15) is 12.8 Å². The summed E-state index contributed by atoms with van der Waals surface area (Å²) in [6, 6.07) is 9.11. The molecule has 1 heterocycles. The monoisotopic (exact) mass is 237 g/mol. The number of benzene rings is 1. The van der Waals surface area contributed by atoms with E-state index in [1.807, 2.05) is 30.0 Å². The Balaban J connectivity index is 1.72. The third-order valence-corrected chi connectivity index (χ3v) is 3.85. The van der Waals surface area contributed by atoms with Crippen LogP contribution in [0.25, 0.3) is 0 Å². The van der Waals surface area contributed by atoms with Crippen LogP contribution in [-0.2, 0) is 0 Å². The molecule has 1 aromatic carbocycles. The zero-order chi connectivity index (χ0) is 11.2. The summed E-state index contributed by atoms with van der Waals surface area (Å²) in [7, 11) is 0. The summed E-state index contributed by atoms with van der Waals surface area (Å²) in [5, 5.41) is 3.35. The predicted octanol–water partition coefficient (Wildman–Crippen LogP) is 2.67. The molecule has 1 aromatic rings. The molecule has 0 spiro atoms. The average molecular weight is 237 g/mol. The van der Waals surface area contributed by atoms with Gasteiger partial charge in [0.1, 0.15) is 5.75 Å². The van der Waals surface area contributed by atoms with Gasteiger partial charge in [-0.1, -0.05) is 18.2 Å². The normalized spacial score (nSPS) is 19.4. The van der Waals surface area contributed by atoms with Crippen molar-refractivity contribution < 1.29 is 9.53 Å². The van der Waals surface area contributed by atoms with Gasteiger partial charge in [0.2, 0.25) is 0 Å². The van der Waals surface area contributed by atoms with Crippen LogP contribution in [0.5, 0.6) is 5.75 Å². The van der Waals surface area contributed by atoms with Gasteiger partial charge in [-0.3, -0.25) is 0 Å².